The number of furan rings is 1. The maximum atomic E-state index is 12.3. The van der Waals surface area contributed by atoms with Gasteiger partial charge in [0.15, 0.2) is 5.76 Å². The molecule has 0 unspecified atom stereocenters. The topological polar surface area (TPSA) is 79.5 Å². The first-order chi connectivity index (χ1) is 10.5. The van der Waals surface area contributed by atoms with Crippen molar-refractivity contribution in [3.05, 3.63) is 59.5 Å². The van der Waals surface area contributed by atoms with Crippen molar-refractivity contribution < 1.29 is 19.1 Å². The highest BCUT2D eigenvalue weighted by molar-refractivity contribution is 5.92. The summed E-state index contributed by atoms with van der Waals surface area (Å²) >= 11 is 0. The van der Waals surface area contributed by atoms with E-state index in [4.69, 9.17) is 4.42 Å². The smallest absolute Gasteiger partial charge is 0.308 e. The van der Waals surface area contributed by atoms with Gasteiger partial charge in [-0.3, -0.25) is 9.59 Å². The van der Waals surface area contributed by atoms with Crippen LogP contribution in [0.1, 0.15) is 41.8 Å². The minimum atomic E-state index is -0.970. The molecule has 0 saturated heterocycles. The zero-order valence-electron chi connectivity index (χ0n) is 12.6. The molecule has 2 rings (SSSR count). The molecule has 0 fully saturated rings. The molecule has 2 aromatic rings. The van der Waals surface area contributed by atoms with Crippen molar-refractivity contribution in [3.63, 3.8) is 0 Å². The molecule has 1 heterocycles. The molecule has 0 saturated carbocycles. The fourth-order valence-corrected chi connectivity index (χ4v) is 2.20. The van der Waals surface area contributed by atoms with Gasteiger partial charge >= 0.3 is 5.97 Å². The Morgan fingerprint density at radius 3 is 2.41 bits per heavy atom. The fraction of sp³-hybridized carbons (Fsp3) is 0.294. The van der Waals surface area contributed by atoms with Crippen molar-refractivity contribution in [2.75, 3.05) is 0 Å². The molecule has 2 N–H and O–H groups in total. The van der Waals surface area contributed by atoms with Gasteiger partial charge in [0.25, 0.3) is 5.91 Å². The van der Waals surface area contributed by atoms with E-state index in [1.165, 1.54) is 0 Å². The van der Waals surface area contributed by atoms with E-state index in [0.29, 0.717) is 12.2 Å². The molecule has 1 amide bonds. The number of carbonyl (C=O) groups is 2. The molecular formula is C17H19NO4. The summed E-state index contributed by atoms with van der Waals surface area (Å²) in [6.45, 7) is 3.50. The van der Waals surface area contributed by atoms with Crippen LogP contribution in [0, 0.1) is 5.92 Å². The van der Waals surface area contributed by atoms with Crippen LogP contribution in [0.2, 0.25) is 0 Å². The molecule has 116 valence electrons. The lowest BCUT2D eigenvalue weighted by Gasteiger charge is -2.22. The Labute approximate surface area is 129 Å². The molecule has 1 aromatic carbocycles. The van der Waals surface area contributed by atoms with E-state index >= 15 is 0 Å². The first-order valence-electron chi connectivity index (χ1n) is 7.20. The van der Waals surface area contributed by atoms with Crippen LogP contribution >= 0.6 is 0 Å². The molecule has 2 atom stereocenters. The van der Waals surface area contributed by atoms with E-state index in [2.05, 4.69) is 5.32 Å². The van der Waals surface area contributed by atoms with Crippen molar-refractivity contribution in [1.29, 1.82) is 0 Å². The van der Waals surface area contributed by atoms with Crippen LogP contribution in [-0.4, -0.2) is 17.0 Å². The lowest BCUT2D eigenvalue weighted by Crippen LogP contribution is -2.35. The predicted molar refractivity (Wildman–Crippen MR) is 81.5 cm³/mol. The molecule has 0 aliphatic rings. The number of amides is 1. The first kappa shape index (κ1) is 15.8. The van der Waals surface area contributed by atoms with Crippen LogP contribution in [0.4, 0.5) is 0 Å². The van der Waals surface area contributed by atoms with Gasteiger partial charge in [-0.25, -0.2) is 0 Å². The Morgan fingerprint density at radius 2 is 1.86 bits per heavy atom. The number of carboxylic acid groups (broad SMARTS) is 1. The average molecular weight is 301 g/mol. The second-order valence-electron chi connectivity index (χ2n) is 5.11. The van der Waals surface area contributed by atoms with Crippen LogP contribution in [0.25, 0.3) is 0 Å². The number of hydrogen-bond donors (Lipinski definition) is 2. The van der Waals surface area contributed by atoms with Gasteiger partial charge in [-0.15, -0.1) is 0 Å². The molecule has 0 aliphatic carbocycles. The number of nitrogens with one attached hydrogen (secondary N) is 1. The first-order valence-corrected chi connectivity index (χ1v) is 7.20. The Morgan fingerprint density at radius 1 is 1.18 bits per heavy atom. The molecule has 0 spiro atoms. The number of rotatable bonds is 6. The molecule has 1 aromatic heterocycles. The summed E-state index contributed by atoms with van der Waals surface area (Å²) in [5.41, 5.74) is 0.744. The third-order valence-corrected chi connectivity index (χ3v) is 3.57. The van der Waals surface area contributed by atoms with Crippen molar-refractivity contribution in [2.24, 2.45) is 5.92 Å². The van der Waals surface area contributed by atoms with E-state index in [0.717, 1.165) is 5.56 Å². The highest BCUT2D eigenvalue weighted by atomic mass is 16.4. The summed E-state index contributed by atoms with van der Waals surface area (Å²) in [6.07, 6.45) is 0.695. The monoisotopic (exact) mass is 301 g/mol. The van der Waals surface area contributed by atoms with Crippen LogP contribution in [0.5, 0.6) is 0 Å². The summed E-state index contributed by atoms with van der Waals surface area (Å²) < 4.78 is 5.41. The lowest BCUT2D eigenvalue weighted by atomic mass is 9.94. The third kappa shape index (κ3) is 3.55. The molecule has 5 heteroatoms. The summed E-state index contributed by atoms with van der Waals surface area (Å²) in [5.74, 6) is -1.24. The van der Waals surface area contributed by atoms with Crippen molar-refractivity contribution in [1.82, 2.24) is 5.32 Å². The summed E-state index contributed by atoms with van der Waals surface area (Å²) in [6, 6.07) is 11.8. The Kier molecular flexibility index (Phi) is 4.99. The van der Waals surface area contributed by atoms with Crippen molar-refractivity contribution in [2.45, 2.75) is 26.3 Å². The van der Waals surface area contributed by atoms with Crippen molar-refractivity contribution in [3.8, 4) is 0 Å². The standard InChI is InChI=1S/C17H19NO4/c1-3-13-9-10-14(22-13)16(19)18-15(11(2)17(20)21)12-7-5-4-6-8-12/h4-11,15H,3H2,1-2H3,(H,18,19)(H,20,21)/t11-,15+/m1/s1. The van der Waals surface area contributed by atoms with Crippen LogP contribution in [0.3, 0.4) is 0 Å². The van der Waals surface area contributed by atoms with Gasteiger partial charge in [0.1, 0.15) is 5.76 Å². The maximum absolute atomic E-state index is 12.3. The lowest BCUT2D eigenvalue weighted by molar-refractivity contribution is -0.142. The molecule has 0 bridgehead atoms. The van der Waals surface area contributed by atoms with E-state index in [9.17, 15) is 14.7 Å². The highest BCUT2D eigenvalue weighted by Crippen LogP contribution is 2.23. The zero-order valence-corrected chi connectivity index (χ0v) is 12.6. The van der Waals surface area contributed by atoms with Gasteiger partial charge in [0, 0.05) is 6.42 Å². The quantitative estimate of drug-likeness (QED) is 0.859. The third-order valence-electron chi connectivity index (χ3n) is 3.57. The van der Waals surface area contributed by atoms with Gasteiger partial charge < -0.3 is 14.8 Å². The Hall–Kier alpha value is -2.56. The van der Waals surface area contributed by atoms with Crippen LogP contribution in [-0.2, 0) is 11.2 Å². The largest absolute Gasteiger partial charge is 0.481 e. The second kappa shape index (κ2) is 6.93. The zero-order chi connectivity index (χ0) is 16.1. The van der Waals surface area contributed by atoms with Gasteiger partial charge in [0.2, 0.25) is 0 Å². The Balaban J connectivity index is 2.22. The minimum Gasteiger partial charge on any atom is -0.481 e. The van der Waals surface area contributed by atoms with E-state index < -0.39 is 23.8 Å². The summed E-state index contributed by atoms with van der Waals surface area (Å²) in [7, 11) is 0. The number of aryl methyl sites for hydroxylation is 1. The van der Waals surface area contributed by atoms with Gasteiger partial charge in [0.05, 0.1) is 12.0 Å². The van der Waals surface area contributed by atoms with Gasteiger partial charge in [-0.2, -0.15) is 0 Å². The minimum absolute atomic E-state index is 0.190. The molecule has 22 heavy (non-hydrogen) atoms. The summed E-state index contributed by atoms with van der Waals surface area (Å²) in [4.78, 5) is 23.6. The average Bonchev–Trinajstić information content (AvgIpc) is 3.01. The maximum Gasteiger partial charge on any atom is 0.308 e. The van der Waals surface area contributed by atoms with Gasteiger partial charge in [-0.1, -0.05) is 37.3 Å². The van der Waals surface area contributed by atoms with E-state index in [1.807, 2.05) is 25.1 Å². The second-order valence-corrected chi connectivity index (χ2v) is 5.11. The van der Waals surface area contributed by atoms with Crippen LogP contribution in [0.15, 0.2) is 46.9 Å². The van der Waals surface area contributed by atoms with Crippen molar-refractivity contribution >= 4 is 11.9 Å². The molecule has 0 aliphatic heterocycles. The molecule has 5 nitrogen and oxygen atoms in total. The highest BCUT2D eigenvalue weighted by Gasteiger charge is 2.27. The summed E-state index contributed by atoms with van der Waals surface area (Å²) in [5, 5.41) is 12.0. The SMILES string of the molecule is CCc1ccc(C(=O)N[C@H](c2ccccc2)[C@@H](C)C(=O)O)o1. The number of aliphatic carboxylic acids is 1. The van der Waals surface area contributed by atoms with Crippen LogP contribution < -0.4 is 5.32 Å². The number of carbonyl (C=O) groups excluding carboxylic acids is 1. The number of hydrogen-bond acceptors (Lipinski definition) is 3. The fourth-order valence-electron chi connectivity index (χ4n) is 2.20. The Bertz CT molecular complexity index is 648. The number of carboxylic acids is 1. The number of benzene rings is 1. The predicted octanol–water partition coefficient (Wildman–Crippen LogP) is 3.03. The van der Waals surface area contributed by atoms with Gasteiger partial charge in [-0.05, 0) is 24.6 Å². The molecule has 0 radical (unpaired) electrons. The van der Waals surface area contributed by atoms with E-state index in [-0.39, 0.29) is 5.76 Å². The van der Waals surface area contributed by atoms with E-state index in [1.54, 1.807) is 31.2 Å². The normalized spacial score (nSPS) is 13.4. The molecular weight excluding hydrogens is 282 g/mol.